The molecule has 42 valence electrons. The van der Waals surface area contributed by atoms with Gasteiger partial charge in [0.05, 0.1) is 0 Å². The highest BCUT2D eigenvalue weighted by Crippen LogP contribution is 1.28. The van der Waals surface area contributed by atoms with Crippen LogP contribution in [-0.2, 0) is 4.74 Å². The van der Waals surface area contributed by atoms with Crippen molar-refractivity contribution < 1.29 is 9.94 Å². The number of hydrogen-bond acceptors (Lipinski definition) is 3. The van der Waals surface area contributed by atoms with E-state index in [0.29, 0.717) is 0 Å². The molecule has 0 spiro atoms. The van der Waals surface area contributed by atoms with E-state index in [1.807, 2.05) is 0 Å². The molecule has 0 unspecified atom stereocenters. The summed E-state index contributed by atoms with van der Waals surface area (Å²) in [7, 11) is 3.25. The molecule has 0 heterocycles. The lowest BCUT2D eigenvalue weighted by atomic mass is 11.6. The Balaban J connectivity index is -0.0000000275. The Morgan fingerprint density at radius 3 is 1.33 bits per heavy atom. The summed E-state index contributed by atoms with van der Waals surface area (Å²) >= 11 is 0. The van der Waals surface area contributed by atoms with Crippen LogP contribution < -0.4 is 5.90 Å². The van der Waals surface area contributed by atoms with Gasteiger partial charge in [-0.05, 0) is 0 Å². The number of ether oxygens (including phenoxy) is 1. The summed E-state index contributed by atoms with van der Waals surface area (Å²) in [6, 6.07) is 0. The molecule has 0 aromatic heterocycles. The highest BCUT2D eigenvalue weighted by atomic mass is 35.5. The summed E-state index contributed by atoms with van der Waals surface area (Å²) in [4.78, 5) is 0. The Labute approximate surface area is 43.5 Å². The number of rotatable bonds is 0. The smallest absolute Gasteiger partial charge is 0.0351 e. The van der Waals surface area contributed by atoms with Crippen LogP contribution in [0.5, 0.6) is 0 Å². The van der Waals surface area contributed by atoms with E-state index in [-0.39, 0.29) is 12.4 Å². The van der Waals surface area contributed by atoms with Crippen LogP contribution in [-0.4, -0.2) is 19.4 Å². The van der Waals surface area contributed by atoms with Crippen LogP contribution in [0.1, 0.15) is 0 Å². The molecule has 4 heteroatoms. The minimum atomic E-state index is 0. The Kier molecular flexibility index (Phi) is 180. The first-order chi connectivity index (χ1) is 2.41. The van der Waals surface area contributed by atoms with Crippen molar-refractivity contribution in [1.29, 1.82) is 0 Å². The Hall–Kier alpha value is 0.170. The molecule has 0 saturated heterocycles. The summed E-state index contributed by atoms with van der Waals surface area (Å²) in [5, 5.41) is 6.50. The van der Waals surface area contributed by atoms with Crippen molar-refractivity contribution in [3.05, 3.63) is 0 Å². The monoisotopic (exact) mass is 115 g/mol. The van der Waals surface area contributed by atoms with Crippen LogP contribution in [0, 0.1) is 0 Å². The first kappa shape index (κ1) is 16.4. The molecular formula is C2H10ClNO2. The average Bonchev–Trinajstić information content (AvgIpc) is 1.46. The molecule has 0 rings (SSSR count). The van der Waals surface area contributed by atoms with Crippen molar-refractivity contribution in [1.82, 2.24) is 0 Å². The molecule has 0 aromatic rings. The lowest BCUT2D eigenvalue weighted by molar-refractivity contribution is 0.277. The zero-order valence-electron chi connectivity index (χ0n) is 3.84. The Morgan fingerprint density at radius 2 is 1.33 bits per heavy atom. The fraction of sp³-hybridized carbons (Fsp3) is 1.00. The molecule has 6 heavy (non-hydrogen) atoms. The third-order valence-electron chi connectivity index (χ3n) is 0. The number of methoxy groups -OCH3 is 1. The number of halogens is 1. The van der Waals surface area contributed by atoms with Gasteiger partial charge >= 0.3 is 0 Å². The fourth-order valence-corrected chi connectivity index (χ4v) is 0. The lowest BCUT2D eigenvalue weighted by Gasteiger charge is -1.61. The minimum Gasteiger partial charge on any atom is -0.388 e. The van der Waals surface area contributed by atoms with Crippen molar-refractivity contribution >= 4 is 12.4 Å². The predicted octanol–water partition coefficient (Wildman–Crippen LogP) is 0.0187. The number of hydrogen-bond donors (Lipinski definition) is 2. The number of nitrogens with two attached hydrogens (primary N) is 1. The van der Waals surface area contributed by atoms with E-state index in [0.717, 1.165) is 0 Å². The quantitative estimate of drug-likeness (QED) is 0.438. The second-order valence-corrected chi connectivity index (χ2v) is 0.408. The summed E-state index contributed by atoms with van der Waals surface area (Å²) in [6.45, 7) is 0. The topological polar surface area (TPSA) is 55.5 Å². The molecular weight excluding hydrogens is 105 g/mol. The molecule has 3 N–H and O–H groups in total. The van der Waals surface area contributed by atoms with Gasteiger partial charge in [-0.1, -0.05) is 0 Å². The third-order valence-corrected chi connectivity index (χ3v) is 0. The Morgan fingerprint density at radius 1 is 1.33 bits per heavy atom. The molecule has 0 fully saturated rings. The second-order valence-electron chi connectivity index (χ2n) is 0.408. The first-order valence-corrected chi connectivity index (χ1v) is 1.07. The van der Waals surface area contributed by atoms with Crippen LogP contribution in [0.2, 0.25) is 0 Å². The molecule has 0 aromatic carbocycles. The van der Waals surface area contributed by atoms with Crippen LogP contribution in [0.4, 0.5) is 0 Å². The maximum atomic E-state index is 6.50. The van der Waals surface area contributed by atoms with Crippen LogP contribution in [0.25, 0.3) is 0 Å². The molecule has 3 nitrogen and oxygen atoms in total. The van der Waals surface area contributed by atoms with E-state index >= 15 is 0 Å². The molecule has 0 aliphatic rings. The van der Waals surface area contributed by atoms with E-state index < -0.39 is 0 Å². The molecule has 0 saturated carbocycles. The van der Waals surface area contributed by atoms with Gasteiger partial charge < -0.3 is 9.94 Å². The van der Waals surface area contributed by atoms with Crippen molar-refractivity contribution in [2.24, 2.45) is 5.90 Å². The zero-order chi connectivity index (χ0) is 4.71. The molecule has 0 bridgehead atoms. The van der Waals surface area contributed by atoms with E-state index in [1.165, 1.54) is 0 Å². The van der Waals surface area contributed by atoms with Gasteiger partial charge in [0.2, 0.25) is 0 Å². The highest BCUT2D eigenvalue weighted by Gasteiger charge is 1.25. The molecule has 0 radical (unpaired) electrons. The van der Waals surface area contributed by atoms with Crippen molar-refractivity contribution in [2.45, 2.75) is 0 Å². The van der Waals surface area contributed by atoms with Crippen molar-refractivity contribution in [2.75, 3.05) is 14.2 Å². The van der Waals surface area contributed by atoms with Crippen LogP contribution in [0.15, 0.2) is 0 Å². The van der Waals surface area contributed by atoms with Gasteiger partial charge in [0, 0.05) is 14.2 Å². The van der Waals surface area contributed by atoms with Crippen molar-refractivity contribution in [3.8, 4) is 0 Å². The highest BCUT2D eigenvalue weighted by molar-refractivity contribution is 5.85. The van der Waals surface area contributed by atoms with E-state index in [9.17, 15) is 0 Å². The average molecular weight is 116 g/mol. The predicted molar refractivity (Wildman–Crippen MR) is 26.2 cm³/mol. The normalized spacial score (nSPS) is 4.00. The van der Waals surface area contributed by atoms with E-state index in [1.54, 1.807) is 14.2 Å². The SMILES string of the molecule is COC.Cl.NO. The van der Waals surface area contributed by atoms with Gasteiger partial charge in [-0.2, -0.15) is 0 Å². The largest absolute Gasteiger partial charge is 0.388 e. The first-order valence-electron chi connectivity index (χ1n) is 1.07. The molecule has 0 aliphatic carbocycles. The van der Waals surface area contributed by atoms with Gasteiger partial charge in [-0.3, -0.25) is 0 Å². The van der Waals surface area contributed by atoms with Gasteiger partial charge in [0.15, 0.2) is 0 Å². The van der Waals surface area contributed by atoms with Gasteiger partial charge in [0.1, 0.15) is 0 Å². The standard InChI is InChI=1S/C2H6O.ClH.H3NO/c1-3-2;;1-2/h1-2H3;1H;2H,1H2. The molecule has 0 atom stereocenters. The lowest BCUT2D eigenvalue weighted by Crippen LogP contribution is -1.72. The van der Waals surface area contributed by atoms with E-state index in [2.05, 4.69) is 10.6 Å². The fourth-order valence-electron chi connectivity index (χ4n) is 0. The maximum absolute atomic E-state index is 6.50. The second kappa shape index (κ2) is 65.7. The summed E-state index contributed by atoms with van der Waals surface area (Å²) in [5.41, 5.74) is 0. The van der Waals surface area contributed by atoms with Gasteiger partial charge in [-0.15, -0.1) is 12.4 Å². The zero-order valence-corrected chi connectivity index (χ0v) is 4.66. The Bertz CT molecular complexity index is 11.5. The molecule has 0 amide bonds. The van der Waals surface area contributed by atoms with Crippen molar-refractivity contribution in [3.63, 3.8) is 0 Å². The summed E-state index contributed by atoms with van der Waals surface area (Å²) in [5.74, 6) is 3.50. The van der Waals surface area contributed by atoms with Gasteiger partial charge in [-0.25, -0.2) is 5.90 Å². The van der Waals surface area contributed by atoms with Crippen LogP contribution in [0.3, 0.4) is 0 Å². The van der Waals surface area contributed by atoms with E-state index in [4.69, 9.17) is 5.21 Å². The summed E-state index contributed by atoms with van der Waals surface area (Å²) in [6.07, 6.45) is 0. The van der Waals surface area contributed by atoms with Gasteiger partial charge in [0.25, 0.3) is 0 Å². The third kappa shape index (κ3) is 1450. The minimum absolute atomic E-state index is 0. The molecule has 0 aliphatic heterocycles. The van der Waals surface area contributed by atoms with Crippen LogP contribution >= 0.6 is 12.4 Å². The summed E-state index contributed by atoms with van der Waals surface area (Å²) < 4.78 is 4.25. The maximum Gasteiger partial charge on any atom is 0.0351 e.